The van der Waals surface area contributed by atoms with Crippen molar-refractivity contribution in [2.75, 3.05) is 6.54 Å². The number of hydrogen-bond donors (Lipinski definition) is 1. The summed E-state index contributed by atoms with van der Waals surface area (Å²) in [5, 5.41) is 0. The molecule has 2 rings (SSSR count). The zero-order valence-electron chi connectivity index (χ0n) is 15.9. The maximum absolute atomic E-state index is 12.4. The molecule has 1 aromatic carbocycles. The number of nitrogens with one attached hydrogen (secondary N) is 1. The first kappa shape index (κ1) is 19.7. The molecule has 1 aromatic heterocycles. The Hall–Kier alpha value is -1.66. The van der Waals surface area contributed by atoms with Gasteiger partial charge in [-0.05, 0) is 38.8 Å². The topological polar surface area (TPSA) is 72.2 Å². The van der Waals surface area contributed by atoms with Crippen molar-refractivity contribution >= 4 is 10.0 Å². The molecule has 1 heterocycles. The normalized spacial score (nSPS) is 12.6. The summed E-state index contributed by atoms with van der Waals surface area (Å²) < 4.78 is 33.4. The number of rotatable bonds is 6. The summed E-state index contributed by atoms with van der Waals surface area (Å²) in [5.74, 6) is 1.55. The van der Waals surface area contributed by atoms with Gasteiger partial charge in [0.05, 0.1) is 10.6 Å². The maximum atomic E-state index is 12.4. The largest absolute Gasteiger partial charge is 0.445 e. The van der Waals surface area contributed by atoms with Crippen molar-refractivity contribution in [3.8, 4) is 0 Å². The second-order valence-corrected chi connectivity index (χ2v) is 9.28. The Morgan fingerprint density at radius 2 is 1.84 bits per heavy atom. The molecule has 138 valence electrons. The van der Waals surface area contributed by atoms with Crippen LogP contribution in [-0.2, 0) is 21.9 Å². The molecule has 0 unspecified atom stereocenters. The van der Waals surface area contributed by atoms with E-state index in [4.69, 9.17) is 4.42 Å². The minimum absolute atomic E-state index is 0.131. The van der Waals surface area contributed by atoms with Crippen molar-refractivity contribution < 1.29 is 12.8 Å². The van der Waals surface area contributed by atoms with Gasteiger partial charge in [-0.25, -0.2) is 18.1 Å². The summed E-state index contributed by atoms with van der Waals surface area (Å²) in [6.07, 6.45) is 1.31. The average Bonchev–Trinajstić information content (AvgIpc) is 2.84. The summed E-state index contributed by atoms with van der Waals surface area (Å²) in [6, 6.07) is 5.34. The van der Waals surface area contributed by atoms with Crippen LogP contribution in [0.4, 0.5) is 0 Å². The van der Waals surface area contributed by atoms with Crippen LogP contribution < -0.4 is 4.72 Å². The van der Waals surface area contributed by atoms with E-state index in [9.17, 15) is 8.42 Å². The summed E-state index contributed by atoms with van der Waals surface area (Å²) in [5.41, 5.74) is 2.55. The number of nitrogens with zero attached hydrogens (tertiary/aromatic N) is 1. The minimum atomic E-state index is -3.49. The predicted molar refractivity (Wildman–Crippen MR) is 99.4 cm³/mol. The first-order valence-electron chi connectivity index (χ1n) is 8.54. The Morgan fingerprint density at radius 1 is 1.16 bits per heavy atom. The van der Waals surface area contributed by atoms with E-state index in [1.807, 2.05) is 32.9 Å². The van der Waals surface area contributed by atoms with E-state index in [1.165, 1.54) is 0 Å². The van der Waals surface area contributed by atoms with Crippen molar-refractivity contribution in [1.82, 2.24) is 9.71 Å². The van der Waals surface area contributed by atoms with Crippen molar-refractivity contribution in [2.24, 2.45) is 0 Å². The fraction of sp³-hybridized carbons (Fsp3) is 0.526. The van der Waals surface area contributed by atoms with Crippen LogP contribution in [0.2, 0.25) is 0 Å². The predicted octanol–water partition coefficient (Wildman–Crippen LogP) is 3.81. The van der Waals surface area contributed by atoms with Crippen molar-refractivity contribution in [1.29, 1.82) is 0 Å². The summed E-state index contributed by atoms with van der Waals surface area (Å²) in [4.78, 5) is 4.81. The highest BCUT2D eigenvalue weighted by atomic mass is 32.2. The van der Waals surface area contributed by atoms with Crippen LogP contribution in [0.1, 0.15) is 55.7 Å². The minimum Gasteiger partial charge on any atom is -0.445 e. The van der Waals surface area contributed by atoms with E-state index >= 15 is 0 Å². The second kappa shape index (κ2) is 7.30. The number of aryl methyl sites for hydroxylation is 4. The number of benzene rings is 1. The van der Waals surface area contributed by atoms with Crippen LogP contribution in [0.5, 0.6) is 0 Å². The molecule has 0 saturated carbocycles. The van der Waals surface area contributed by atoms with Gasteiger partial charge in [-0.2, -0.15) is 0 Å². The lowest BCUT2D eigenvalue weighted by atomic mass is 9.97. The van der Waals surface area contributed by atoms with E-state index in [0.29, 0.717) is 24.3 Å². The zero-order chi connectivity index (χ0) is 18.8. The Balaban J connectivity index is 1.96. The van der Waals surface area contributed by atoms with Gasteiger partial charge in [-0.15, -0.1) is 0 Å². The molecule has 1 N–H and O–H groups in total. The van der Waals surface area contributed by atoms with E-state index in [2.05, 4.69) is 30.5 Å². The highest BCUT2D eigenvalue weighted by Crippen LogP contribution is 2.24. The van der Waals surface area contributed by atoms with Gasteiger partial charge in [-0.1, -0.05) is 38.5 Å². The standard InChI is InChI=1S/C19H28N2O3S/c1-13-9-10-17(14(2)12-13)25(22,23)20-11-7-8-16-15(3)21-18(24-16)19(4,5)6/h9-10,12,20H,7-8,11H2,1-6H3. The molecule has 0 amide bonds. The first-order valence-corrected chi connectivity index (χ1v) is 10.0. The van der Waals surface area contributed by atoms with E-state index < -0.39 is 10.0 Å². The molecule has 5 nitrogen and oxygen atoms in total. The molecular formula is C19H28N2O3S. The molecule has 0 aliphatic heterocycles. The first-order chi connectivity index (χ1) is 11.5. The highest BCUT2D eigenvalue weighted by molar-refractivity contribution is 7.89. The molecule has 0 bridgehead atoms. The smallest absolute Gasteiger partial charge is 0.240 e. The van der Waals surface area contributed by atoms with Crippen molar-refractivity contribution in [2.45, 2.75) is 64.7 Å². The highest BCUT2D eigenvalue weighted by Gasteiger charge is 2.22. The number of hydrogen-bond acceptors (Lipinski definition) is 4. The molecule has 25 heavy (non-hydrogen) atoms. The third-order valence-electron chi connectivity index (χ3n) is 4.03. The third kappa shape index (κ3) is 4.92. The maximum Gasteiger partial charge on any atom is 0.240 e. The van der Waals surface area contributed by atoms with Crippen LogP contribution in [0.15, 0.2) is 27.5 Å². The van der Waals surface area contributed by atoms with Gasteiger partial charge in [0.2, 0.25) is 10.0 Å². The fourth-order valence-corrected chi connectivity index (χ4v) is 3.91. The Labute approximate surface area is 150 Å². The summed E-state index contributed by atoms with van der Waals surface area (Å²) >= 11 is 0. The van der Waals surface area contributed by atoms with Crippen LogP contribution in [0, 0.1) is 20.8 Å². The lowest BCUT2D eigenvalue weighted by molar-refractivity contribution is 0.370. The lowest BCUT2D eigenvalue weighted by Crippen LogP contribution is -2.25. The lowest BCUT2D eigenvalue weighted by Gasteiger charge is -2.12. The summed E-state index contributed by atoms with van der Waals surface area (Å²) in [7, 11) is -3.49. The van der Waals surface area contributed by atoms with Gasteiger partial charge < -0.3 is 4.42 Å². The van der Waals surface area contributed by atoms with Gasteiger partial charge in [-0.3, -0.25) is 0 Å². The number of oxazole rings is 1. The zero-order valence-corrected chi connectivity index (χ0v) is 16.8. The monoisotopic (exact) mass is 364 g/mol. The molecule has 0 saturated heterocycles. The van der Waals surface area contributed by atoms with Gasteiger partial charge >= 0.3 is 0 Å². The molecule has 0 fully saturated rings. The van der Waals surface area contributed by atoms with Crippen molar-refractivity contribution in [3.05, 3.63) is 46.7 Å². The molecule has 0 radical (unpaired) electrons. The van der Waals surface area contributed by atoms with E-state index in [-0.39, 0.29) is 5.41 Å². The fourth-order valence-electron chi connectivity index (χ4n) is 2.61. The second-order valence-electron chi connectivity index (χ2n) is 7.55. The Bertz CT molecular complexity index is 846. The SMILES string of the molecule is Cc1ccc(S(=O)(=O)NCCCc2oc(C(C)(C)C)nc2C)c(C)c1. The quantitative estimate of drug-likeness (QED) is 0.791. The molecular weight excluding hydrogens is 336 g/mol. The van der Waals surface area contributed by atoms with Crippen molar-refractivity contribution in [3.63, 3.8) is 0 Å². The number of aromatic nitrogens is 1. The Kier molecular flexibility index (Phi) is 5.74. The molecule has 0 aliphatic rings. The van der Waals surface area contributed by atoms with Crippen LogP contribution in [0.3, 0.4) is 0 Å². The van der Waals surface area contributed by atoms with Crippen LogP contribution in [-0.4, -0.2) is 19.9 Å². The molecule has 0 aliphatic carbocycles. The average molecular weight is 365 g/mol. The van der Waals surface area contributed by atoms with Gasteiger partial charge in [0, 0.05) is 18.4 Å². The molecule has 2 aromatic rings. The van der Waals surface area contributed by atoms with Gasteiger partial charge in [0.15, 0.2) is 5.89 Å². The summed E-state index contributed by atoms with van der Waals surface area (Å²) in [6.45, 7) is 12.2. The molecule has 0 spiro atoms. The van der Waals surface area contributed by atoms with Gasteiger partial charge in [0.1, 0.15) is 5.76 Å². The van der Waals surface area contributed by atoms with E-state index in [1.54, 1.807) is 6.07 Å². The number of sulfonamides is 1. The van der Waals surface area contributed by atoms with E-state index in [0.717, 1.165) is 28.5 Å². The third-order valence-corrected chi connectivity index (χ3v) is 5.65. The van der Waals surface area contributed by atoms with Gasteiger partial charge in [0.25, 0.3) is 0 Å². The van der Waals surface area contributed by atoms with Crippen LogP contribution in [0.25, 0.3) is 0 Å². The Morgan fingerprint density at radius 3 is 2.40 bits per heavy atom. The molecule has 0 atom stereocenters. The van der Waals surface area contributed by atoms with Crippen LogP contribution >= 0.6 is 0 Å². The molecule has 6 heteroatoms.